The molecular weight excluding hydrogens is 302 g/mol. The van der Waals surface area contributed by atoms with E-state index in [0.717, 1.165) is 0 Å². The van der Waals surface area contributed by atoms with Crippen LogP contribution in [-0.4, -0.2) is 29.7 Å². The lowest BCUT2D eigenvalue weighted by Gasteiger charge is -2.21. The van der Waals surface area contributed by atoms with E-state index in [1.807, 2.05) is 5.38 Å². The molecule has 0 radical (unpaired) electrons. The van der Waals surface area contributed by atoms with Crippen LogP contribution in [0.4, 0.5) is 5.00 Å². The minimum absolute atomic E-state index is 0.143. The number of aliphatic hydroxyl groups is 1. The fraction of sp³-hybridized carbons (Fsp3) is 0.250. The summed E-state index contributed by atoms with van der Waals surface area (Å²) in [6.45, 7) is 1.79. The van der Waals surface area contributed by atoms with Gasteiger partial charge in [-0.2, -0.15) is 0 Å². The summed E-state index contributed by atoms with van der Waals surface area (Å²) >= 11 is 1.36. The van der Waals surface area contributed by atoms with Crippen LogP contribution in [0.25, 0.3) is 0 Å². The van der Waals surface area contributed by atoms with Gasteiger partial charge in [0.05, 0.1) is 11.6 Å². The minimum atomic E-state index is -1.55. The molecule has 2 aromatic rings. The monoisotopic (exact) mass is 319 g/mol. The molecule has 116 valence electrons. The molecule has 2 rings (SSSR count). The van der Waals surface area contributed by atoms with Crippen LogP contribution in [0, 0.1) is 0 Å². The number of thiophene rings is 1. The van der Waals surface area contributed by atoms with Gasteiger partial charge in [0.25, 0.3) is 0 Å². The van der Waals surface area contributed by atoms with Crippen molar-refractivity contribution in [2.45, 2.75) is 18.9 Å². The molecule has 2 atom stereocenters. The summed E-state index contributed by atoms with van der Waals surface area (Å²) in [6.07, 6.45) is -1.55. The highest BCUT2D eigenvalue weighted by Crippen LogP contribution is 2.24. The first kappa shape index (κ1) is 16.2. The maximum Gasteiger partial charge on any atom is 0.336 e. The van der Waals surface area contributed by atoms with Gasteiger partial charge in [0.15, 0.2) is 6.10 Å². The molecule has 0 saturated heterocycles. The summed E-state index contributed by atoms with van der Waals surface area (Å²) in [6, 6.07) is 12.2. The summed E-state index contributed by atoms with van der Waals surface area (Å²) in [7, 11) is 0. The Kier molecular flexibility index (Phi) is 5.68. The molecule has 0 aliphatic carbocycles. The van der Waals surface area contributed by atoms with E-state index in [1.54, 1.807) is 49.4 Å². The second-order valence-electron chi connectivity index (χ2n) is 4.55. The van der Waals surface area contributed by atoms with E-state index in [-0.39, 0.29) is 6.61 Å². The Labute approximate surface area is 132 Å². The number of hydrogen-bond acceptors (Lipinski definition) is 5. The zero-order chi connectivity index (χ0) is 15.9. The first-order chi connectivity index (χ1) is 10.6. The Morgan fingerprint density at radius 3 is 2.55 bits per heavy atom. The van der Waals surface area contributed by atoms with Crippen molar-refractivity contribution >= 4 is 28.2 Å². The lowest BCUT2D eigenvalue weighted by Crippen LogP contribution is -2.37. The van der Waals surface area contributed by atoms with Crippen molar-refractivity contribution in [3.63, 3.8) is 0 Å². The summed E-state index contributed by atoms with van der Waals surface area (Å²) < 4.78 is 4.83. The lowest BCUT2D eigenvalue weighted by atomic mass is 9.92. The van der Waals surface area contributed by atoms with E-state index in [0.29, 0.717) is 10.6 Å². The molecule has 1 aromatic heterocycles. The molecule has 22 heavy (non-hydrogen) atoms. The van der Waals surface area contributed by atoms with Crippen molar-refractivity contribution < 1.29 is 19.4 Å². The molecule has 0 aliphatic rings. The molecule has 1 heterocycles. The molecule has 0 aliphatic heterocycles. The average molecular weight is 319 g/mol. The lowest BCUT2D eigenvalue weighted by molar-refractivity contribution is -0.155. The topological polar surface area (TPSA) is 75.6 Å². The maximum atomic E-state index is 12.5. The minimum Gasteiger partial charge on any atom is -0.464 e. The van der Waals surface area contributed by atoms with E-state index in [2.05, 4.69) is 5.32 Å². The van der Waals surface area contributed by atoms with Gasteiger partial charge in [0, 0.05) is 0 Å². The Morgan fingerprint density at radius 2 is 1.95 bits per heavy atom. The number of rotatable bonds is 6. The van der Waals surface area contributed by atoms with Gasteiger partial charge in [0.2, 0.25) is 5.91 Å². The second-order valence-corrected chi connectivity index (χ2v) is 5.50. The van der Waals surface area contributed by atoms with Crippen molar-refractivity contribution in [2.24, 2.45) is 0 Å². The Balaban J connectivity index is 2.25. The largest absolute Gasteiger partial charge is 0.464 e. The Bertz CT molecular complexity index is 612. The number of nitrogens with one attached hydrogen (secondary N) is 1. The van der Waals surface area contributed by atoms with Crippen LogP contribution in [0.5, 0.6) is 0 Å². The molecule has 0 saturated carbocycles. The van der Waals surface area contributed by atoms with Gasteiger partial charge in [-0.15, -0.1) is 11.3 Å². The molecule has 0 bridgehead atoms. The molecule has 1 amide bonds. The summed E-state index contributed by atoms with van der Waals surface area (Å²) in [4.78, 5) is 24.3. The van der Waals surface area contributed by atoms with Gasteiger partial charge >= 0.3 is 5.97 Å². The van der Waals surface area contributed by atoms with Crippen LogP contribution in [-0.2, 0) is 14.3 Å². The van der Waals surface area contributed by atoms with Crippen molar-refractivity contribution in [3.8, 4) is 0 Å². The van der Waals surface area contributed by atoms with Crippen LogP contribution in [0.3, 0.4) is 0 Å². The fourth-order valence-electron chi connectivity index (χ4n) is 2.05. The number of aliphatic hydroxyl groups excluding tert-OH is 1. The third-order valence-electron chi connectivity index (χ3n) is 3.05. The normalized spacial score (nSPS) is 13.2. The molecule has 0 spiro atoms. The van der Waals surface area contributed by atoms with Gasteiger partial charge < -0.3 is 15.2 Å². The quantitative estimate of drug-likeness (QED) is 0.802. The number of carbonyl (C=O) groups is 2. The number of hydrogen-bond donors (Lipinski definition) is 2. The number of carbonyl (C=O) groups excluding carboxylic acids is 2. The van der Waals surface area contributed by atoms with E-state index in [1.165, 1.54) is 11.3 Å². The number of ether oxygens (including phenoxy) is 1. The third kappa shape index (κ3) is 3.93. The third-order valence-corrected chi connectivity index (χ3v) is 3.84. The molecular formula is C16H17NO4S. The first-order valence-electron chi connectivity index (χ1n) is 6.87. The predicted molar refractivity (Wildman–Crippen MR) is 84.8 cm³/mol. The Morgan fingerprint density at radius 1 is 1.23 bits per heavy atom. The van der Waals surface area contributed by atoms with Gasteiger partial charge in [-0.1, -0.05) is 30.3 Å². The highest BCUT2D eigenvalue weighted by molar-refractivity contribution is 7.14. The van der Waals surface area contributed by atoms with Crippen molar-refractivity contribution in [1.82, 2.24) is 0 Å². The number of benzene rings is 1. The molecule has 6 heteroatoms. The van der Waals surface area contributed by atoms with Gasteiger partial charge in [-0.05, 0) is 30.0 Å². The fourth-order valence-corrected chi connectivity index (χ4v) is 2.67. The zero-order valence-corrected chi connectivity index (χ0v) is 12.9. The van der Waals surface area contributed by atoms with Crippen LogP contribution >= 0.6 is 11.3 Å². The summed E-state index contributed by atoms with van der Waals surface area (Å²) in [5.74, 6) is -2.28. The summed E-state index contributed by atoms with van der Waals surface area (Å²) in [5, 5.41) is 15.4. The van der Waals surface area contributed by atoms with Crippen molar-refractivity contribution in [2.75, 3.05) is 11.9 Å². The van der Waals surface area contributed by atoms with E-state index in [9.17, 15) is 14.7 Å². The highest BCUT2D eigenvalue weighted by atomic mass is 32.1. The SMILES string of the molecule is CCOC(=O)[C@@H](O)[C@@H](C(=O)Nc1cccs1)c1ccccc1. The predicted octanol–water partition coefficient (Wildman–Crippen LogP) is 2.39. The second kappa shape index (κ2) is 7.72. The van der Waals surface area contributed by atoms with Crippen molar-refractivity contribution in [3.05, 3.63) is 53.4 Å². The molecule has 1 aromatic carbocycles. The molecule has 5 nitrogen and oxygen atoms in total. The van der Waals surface area contributed by atoms with Gasteiger partial charge in [0.1, 0.15) is 5.92 Å². The number of esters is 1. The standard InChI is InChI=1S/C16H17NO4S/c1-2-21-16(20)14(18)13(11-7-4-3-5-8-11)15(19)17-12-9-6-10-22-12/h3-10,13-14,18H,2H2,1H3,(H,17,19)/t13-,14-/m0/s1. The van der Waals surface area contributed by atoms with E-state index < -0.39 is 23.9 Å². The summed E-state index contributed by atoms with van der Waals surface area (Å²) in [5.41, 5.74) is 0.553. The molecule has 0 unspecified atom stereocenters. The smallest absolute Gasteiger partial charge is 0.336 e. The zero-order valence-electron chi connectivity index (χ0n) is 12.1. The highest BCUT2D eigenvalue weighted by Gasteiger charge is 2.34. The van der Waals surface area contributed by atoms with Gasteiger partial charge in [-0.3, -0.25) is 4.79 Å². The van der Waals surface area contributed by atoms with Crippen LogP contribution < -0.4 is 5.32 Å². The van der Waals surface area contributed by atoms with Gasteiger partial charge in [-0.25, -0.2) is 4.79 Å². The molecule has 0 fully saturated rings. The molecule has 2 N–H and O–H groups in total. The average Bonchev–Trinajstić information content (AvgIpc) is 3.01. The van der Waals surface area contributed by atoms with Crippen molar-refractivity contribution in [1.29, 1.82) is 0 Å². The number of anilines is 1. The first-order valence-corrected chi connectivity index (χ1v) is 7.75. The Hall–Kier alpha value is -2.18. The van der Waals surface area contributed by atoms with E-state index >= 15 is 0 Å². The van der Waals surface area contributed by atoms with Crippen LogP contribution in [0.1, 0.15) is 18.4 Å². The van der Waals surface area contributed by atoms with Crippen LogP contribution in [0.2, 0.25) is 0 Å². The van der Waals surface area contributed by atoms with E-state index in [4.69, 9.17) is 4.74 Å². The number of amides is 1. The maximum absolute atomic E-state index is 12.5. The van der Waals surface area contributed by atoms with Crippen LogP contribution in [0.15, 0.2) is 47.8 Å².